The van der Waals surface area contributed by atoms with Gasteiger partial charge in [0.05, 0.1) is 17.0 Å². The van der Waals surface area contributed by atoms with Gasteiger partial charge in [0.1, 0.15) is 5.58 Å². The fourth-order valence-corrected chi connectivity index (χ4v) is 4.38. The van der Waals surface area contributed by atoms with Crippen LogP contribution >= 0.6 is 11.6 Å². The summed E-state index contributed by atoms with van der Waals surface area (Å²) in [4.78, 5) is 28.7. The third kappa shape index (κ3) is 3.67. The Morgan fingerprint density at radius 2 is 1.77 bits per heavy atom. The van der Waals surface area contributed by atoms with Crippen LogP contribution < -0.4 is 5.43 Å². The van der Waals surface area contributed by atoms with Gasteiger partial charge in [-0.3, -0.25) is 9.59 Å². The van der Waals surface area contributed by atoms with E-state index in [1.165, 1.54) is 5.56 Å². The Morgan fingerprint density at radius 3 is 2.39 bits per heavy atom. The highest BCUT2D eigenvalue weighted by molar-refractivity contribution is 6.32. The molecule has 0 spiro atoms. The van der Waals surface area contributed by atoms with Gasteiger partial charge in [-0.2, -0.15) is 0 Å². The second-order valence-corrected chi connectivity index (χ2v) is 9.81. The number of carbonyl (C=O) groups excluding carboxylic acids is 1. The van der Waals surface area contributed by atoms with Crippen LogP contribution in [0.25, 0.3) is 11.0 Å². The number of fused-ring (bicyclic) bond motifs is 2. The molecule has 3 aromatic rings. The molecule has 0 saturated carbocycles. The van der Waals surface area contributed by atoms with Gasteiger partial charge < -0.3 is 9.32 Å². The first-order valence-electron chi connectivity index (χ1n) is 10.8. The summed E-state index contributed by atoms with van der Waals surface area (Å²) in [7, 11) is 0. The van der Waals surface area contributed by atoms with Crippen molar-refractivity contribution in [1.29, 1.82) is 0 Å². The van der Waals surface area contributed by atoms with Gasteiger partial charge in [-0.15, -0.1) is 0 Å². The highest BCUT2D eigenvalue weighted by atomic mass is 35.5. The molecule has 2 heterocycles. The number of halogens is 1. The highest BCUT2D eigenvalue weighted by Gasteiger charge is 2.42. The Balaban J connectivity index is 1.93. The minimum absolute atomic E-state index is 0.0215. The zero-order chi connectivity index (χ0) is 22.5. The number of amides is 1. The van der Waals surface area contributed by atoms with Gasteiger partial charge in [0.25, 0.3) is 5.91 Å². The van der Waals surface area contributed by atoms with Crippen LogP contribution in [0.3, 0.4) is 0 Å². The first-order valence-corrected chi connectivity index (χ1v) is 11.2. The van der Waals surface area contributed by atoms with E-state index < -0.39 is 6.04 Å². The topological polar surface area (TPSA) is 50.5 Å². The fraction of sp³-hybridized carbons (Fsp3) is 0.385. The van der Waals surface area contributed by atoms with Crippen molar-refractivity contribution in [3.63, 3.8) is 0 Å². The van der Waals surface area contributed by atoms with Crippen LogP contribution in [0.5, 0.6) is 0 Å². The predicted octanol–water partition coefficient (Wildman–Crippen LogP) is 6.40. The number of unbranched alkanes of at least 4 members (excludes halogenated alkanes) is 1. The average Bonchev–Trinajstić information content (AvgIpc) is 2.99. The van der Waals surface area contributed by atoms with Crippen molar-refractivity contribution in [3.05, 3.63) is 79.7 Å². The number of benzene rings is 2. The summed E-state index contributed by atoms with van der Waals surface area (Å²) >= 11 is 6.29. The lowest BCUT2D eigenvalue weighted by Gasteiger charge is -2.26. The van der Waals surface area contributed by atoms with Crippen LogP contribution in [-0.2, 0) is 5.41 Å². The van der Waals surface area contributed by atoms with E-state index in [1.807, 2.05) is 19.1 Å². The quantitative estimate of drug-likeness (QED) is 0.474. The van der Waals surface area contributed by atoms with Gasteiger partial charge in [-0.25, -0.2) is 0 Å². The molecule has 4 nitrogen and oxygen atoms in total. The maximum absolute atomic E-state index is 13.6. The summed E-state index contributed by atoms with van der Waals surface area (Å²) in [6, 6.07) is 11.1. The van der Waals surface area contributed by atoms with Crippen LogP contribution in [-0.4, -0.2) is 17.4 Å². The molecule has 4 rings (SSSR count). The Morgan fingerprint density at radius 1 is 1.10 bits per heavy atom. The maximum Gasteiger partial charge on any atom is 0.290 e. The first-order chi connectivity index (χ1) is 14.6. The summed E-state index contributed by atoms with van der Waals surface area (Å²) in [5.41, 5.74) is 3.58. The standard InChI is InChI=1S/C26H28ClNO3/c1-6-7-12-28-22(16-8-10-17(11-9-16)26(3,4)5)21-23(29)18-14-19(27)15(2)13-20(18)31-24(21)25(28)30/h8-11,13-14,22H,6-7,12H2,1-5H3. The minimum Gasteiger partial charge on any atom is -0.450 e. The lowest BCUT2D eigenvalue weighted by atomic mass is 9.86. The second kappa shape index (κ2) is 7.83. The Bertz CT molecular complexity index is 1220. The Hall–Kier alpha value is -2.59. The predicted molar refractivity (Wildman–Crippen MR) is 125 cm³/mol. The number of rotatable bonds is 4. The molecule has 0 N–H and O–H groups in total. The summed E-state index contributed by atoms with van der Waals surface area (Å²) in [6.45, 7) is 11.0. The molecule has 0 radical (unpaired) electrons. The molecule has 2 aromatic carbocycles. The van der Waals surface area contributed by atoms with Crippen LogP contribution in [0.4, 0.5) is 0 Å². The fourth-order valence-electron chi connectivity index (χ4n) is 4.21. The first kappa shape index (κ1) is 21.6. The highest BCUT2D eigenvalue weighted by Crippen LogP contribution is 2.39. The molecule has 31 heavy (non-hydrogen) atoms. The zero-order valence-corrected chi connectivity index (χ0v) is 19.5. The average molecular weight is 438 g/mol. The number of hydrogen-bond acceptors (Lipinski definition) is 3. The summed E-state index contributed by atoms with van der Waals surface area (Å²) < 4.78 is 6.02. The van der Waals surface area contributed by atoms with E-state index in [2.05, 4.69) is 39.8 Å². The van der Waals surface area contributed by atoms with Gasteiger partial charge >= 0.3 is 0 Å². The molecule has 1 aliphatic heterocycles. The number of nitrogens with zero attached hydrogens (tertiary/aromatic N) is 1. The van der Waals surface area contributed by atoms with Crippen molar-refractivity contribution < 1.29 is 9.21 Å². The number of hydrogen-bond donors (Lipinski definition) is 0. The van der Waals surface area contributed by atoms with Crippen molar-refractivity contribution in [3.8, 4) is 0 Å². The van der Waals surface area contributed by atoms with E-state index in [0.29, 0.717) is 28.1 Å². The van der Waals surface area contributed by atoms with E-state index in [1.54, 1.807) is 17.0 Å². The SMILES string of the molecule is CCCCN1C(=O)c2oc3cc(C)c(Cl)cc3c(=O)c2C1c1ccc(C(C)(C)C)cc1. The van der Waals surface area contributed by atoms with Crippen molar-refractivity contribution in [2.75, 3.05) is 6.54 Å². The lowest BCUT2D eigenvalue weighted by Crippen LogP contribution is -2.30. The smallest absolute Gasteiger partial charge is 0.290 e. The molecule has 0 fully saturated rings. The molecule has 1 amide bonds. The van der Waals surface area contributed by atoms with E-state index >= 15 is 0 Å². The monoisotopic (exact) mass is 437 g/mol. The van der Waals surface area contributed by atoms with Crippen LogP contribution in [0.2, 0.25) is 5.02 Å². The molecule has 1 atom stereocenters. The molecule has 162 valence electrons. The van der Waals surface area contributed by atoms with Gasteiger partial charge in [-0.05, 0) is 47.6 Å². The molecule has 0 aliphatic carbocycles. The zero-order valence-electron chi connectivity index (χ0n) is 18.7. The van der Waals surface area contributed by atoms with Crippen molar-refractivity contribution in [2.24, 2.45) is 0 Å². The molecule has 0 saturated heterocycles. The third-order valence-electron chi connectivity index (χ3n) is 6.09. The maximum atomic E-state index is 13.6. The molecule has 1 unspecified atom stereocenters. The molecule has 1 aliphatic rings. The number of aryl methyl sites for hydroxylation is 1. The van der Waals surface area contributed by atoms with Crippen LogP contribution in [0.15, 0.2) is 45.6 Å². The van der Waals surface area contributed by atoms with Crippen molar-refractivity contribution >= 4 is 28.5 Å². The van der Waals surface area contributed by atoms with Crippen molar-refractivity contribution in [1.82, 2.24) is 4.90 Å². The molecule has 0 bridgehead atoms. The molecule has 5 heteroatoms. The molecular formula is C26H28ClNO3. The van der Waals surface area contributed by atoms with Gasteiger partial charge in [-0.1, -0.05) is 70.0 Å². The van der Waals surface area contributed by atoms with E-state index in [-0.39, 0.29) is 22.5 Å². The van der Waals surface area contributed by atoms with Gasteiger partial charge in [0.2, 0.25) is 5.76 Å². The third-order valence-corrected chi connectivity index (χ3v) is 6.50. The lowest BCUT2D eigenvalue weighted by molar-refractivity contribution is 0.0725. The van der Waals surface area contributed by atoms with Crippen LogP contribution in [0.1, 0.15) is 79.4 Å². The Kier molecular flexibility index (Phi) is 5.47. The Labute approximate surface area is 187 Å². The van der Waals surface area contributed by atoms with E-state index in [4.69, 9.17) is 16.0 Å². The van der Waals surface area contributed by atoms with Gasteiger partial charge in [0.15, 0.2) is 5.43 Å². The minimum atomic E-state index is -0.455. The molecule has 1 aromatic heterocycles. The van der Waals surface area contributed by atoms with E-state index in [9.17, 15) is 9.59 Å². The second-order valence-electron chi connectivity index (χ2n) is 9.40. The van der Waals surface area contributed by atoms with E-state index in [0.717, 1.165) is 24.0 Å². The largest absolute Gasteiger partial charge is 0.450 e. The summed E-state index contributed by atoms with van der Waals surface area (Å²) in [5.74, 6) is -0.0693. The van der Waals surface area contributed by atoms with Gasteiger partial charge in [0, 0.05) is 11.6 Å². The normalized spacial score (nSPS) is 16.3. The summed E-state index contributed by atoms with van der Waals surface area (Å²) in [5, 5.41) is 0.925. The van der Waals surface area contributed by atoms with Crippen molar-refractivity contribution in [2.45, 2.75) is 58.9 Å². The molecular weight excluding hydrogens is 410 g/mol. The van der Waals surface area contributed by atoms with Crippen LogP contribution in [0, 0.1) is 6.92 Å². The number of carbonyl (C=O) groups is 1. The summed E-state index contributed by atoms with van der Waals surface area (Å²) in [6.07, 6.45) is 1.81.